The first kappa shape index (κ1) is 20.7. The number of pyridine rings is 1. The van der Waals surface area contributed by atoms with Crippen LogP contribution in [0, 0.1) is 5.41 Å². The molecule has 2 aromatic heterocycles. The number of hydrogen-bond acceptors (Lipinski definition) is 3. The van der Waals surface area contributed by atoms with Crippen LogP contribution in [0.4, 0.5) is 0 Å². The van der Waals surface area contributed by atoms with Gasteiger partial charge >= 0.3 is 0 Å². The monoisotopic (exact) mass is 468 g/mol. The molecule has 0 unspecified atom stereocenters. The molecule has 0 amide bonds. The predicted octanol–water partition coefficient (Wildman–Crippen LogP) is 3.52. The first-order chi connectivity index (χ1) is 12.2. The summed E-state index contributed by atoms with van der Waals surface area (Å²) in [5.74, 6) is 1.70. The molecular formula is C19H29IN6. The minimum atomic E-state index is 0. The van der Waals surface area contributed by atoms with Crippen molar-refractivity contribution in [3.8, 4) is 5.82 Å². The third-order valence-corrected chi connectivity index (χ3v) is 5.11. The van der Waals surface area contributed by atoms with Crippen molar-refractivity contribution in [2.75, 3.05) is 13.1 Å². The summed E-state index contributed by atoms with van der Waals surface area (Å²) in [6.07, 6.45) is 10.7. The van der Waals surface area contributed by atoms with Gasteiger partial charge in [0.15, 0.2) is 11.8 Å². The van der Waals surface area contributed by atoms with Crippen molar-refractivity contribution in [3.05, 3.63) is 42.4 Å². The van der Waals surface area contributed by atoms with Gasteiger partial charge in [-0.3, -0.25) is 0 Å². The lowest BCUT2D eigenvalue weighted by Gasteiger charge is -2.41. The van der Waals surface area contributed by atoms with Crippen LogP contribution in [0.15, 0.2) is 41.8 Å². The molecule has 0 spiro atoms. The number of nitrogens with one attached hydrogen (secondary N) is 2. The largest absolute Gasteiger partial charge is 0.357 e. The van der Waals surface area contributed by atoms with E-state index in [1.165, 1.54) is 25.7 Å². The molecule has 6 nitrogen and oxygen atoms in total. The minimum Gasteiger partial charge on any atom is -0.357 e. The Morgan fingerprint density at radius 2 is 2.12 bits per heavy atom. The third-order valence-electron chi connectivity index (χ3n) is 5.11. The number of aliphatic imine (C=N–C) groups is 1. The standard InChI is InChI=1S/C19H28N6.HI/c1-3-19(8-5-9-19)15-23-18(20-4-2)22-14-16-7-11-21-17(13-16)25-12-6-10-24-25;/h6-7,10-13H,3-5,8-9,14-15H2,1-2H3,(H2,20,22,23);1H. The van der Waals surface area contributed by atoms with Crippen LogP contribution in [-0.2, 0) is 6.54 Å². The van der Waals surface area contributed by atoms with Gasteiger partial charge in [0.2, 0.25) is 0 Å². The number of rotatable bonds is 7. The molecule has 2 aromatic rings. The van der Waals surface area contributed by atoms with Crippen LogP contribution in [0.2, 0.25) is 0 Å². The van der Waals surface area contributed by atoms with Crippen molar-refractivity contribution in [1.29, 1.82) is 0 Å². The van der Waals surface area contributed by atoms with Gasteiger partial charge in [0, 0.05) is 31.7 Å². The molecule has 26 heavy (non-hydrogen) atoms. The number of hydrogen-bond donors (Lipinski definition) is 2. The van der Waals surface area contributed by atoms with Gasteiger partial charge in [-0.25, -0.2) is 14.7 Å². The van der Waals surface area contributed by atoms with Crippen molar-refractivity contribution in [1.82, 2.24) is 25.4 Å². The highest BCUT2D eigenvalue weighted by atomic mass is 127. The summed E-state index contributed by atoms with van der Waals surface area (Å²) in [5, 5.41) is 11.1. The molecule has 7 heteroatoms. The van der Waals surface area contributed by atoms with E-state index in [9.17, 15) is 0 Å². The van der Waals surface area contributed by atoms with E-state index in [0.717, 1.165) is 30.4 Å². The zero-order valence-electron chi connectivity index (χ0n) is 15.6. The van der Waals surface area contributed by atoms with Gasteiger partial charge in [0.25, 0.3) is 0 Å². The summed E-state index contributed by atoms with van der Waals surface area (Å²) < 4.78 is 1.76. The summed E-state index contributed by atoms with van der Waals surface area (Å²) in [6, 6.07) is 5.92. The van der Waals surface area contributed by atoms with Crippen molar-refractivity contribution >= 4 is 29.9 Å². The Bertz CT molecular complexity index is 688. The lowest BCUT2D eigenvalue weighted by Crippen LogP contribution is -2.46. The average molecular weight is 468 g/mol. The Labute approximate surface area is 172 Å². The molecule has 1 saturated carbocycles. The van der Waals surface area contributed by atoms with Crippen LogP contribution in [0.1, 0.15) is 45.1 Å². The van der Waals surface area contributed by atoms with Crippen LogP contribution in [-0.4, -0.2) is 33.8 Å². The van der Waals surface area contributed by atoms with Crippen molar-refractivity contribution in [2.24, 2.45) is 10.4 Å². The Morgan fingerprint density at radius 3 is 2.73 bits per heavy atom. The highest BCUT2D eigenvalue weighted by Gasteiger charge is 2.34. The van der Waals surface area contributed by atoms with Crippen molar-refractivity contribution in [3.63, 3.8) is 0 Å². The minimum absolute atomic E-state index is 0. The van der Waals surface area contributed by atoms with E-state index in [4.69, 9.17) is 4.99 Å². The van der Waals surface area contributed by atoms with Crippen molar-refractivity contribution in [2.45, 2.75) is 46.1 Å². The van der Waals surface area contributed by atoms with E-state index < -0.39 is 0 Å². The molecule has 2 N–H and O–H groups in total. The van der Waals surface area contributed by atoms with E-state index >= 15 is 0 Å². The Morgan fingerprint density at radius 1 is 1.27 bits per heavy atom. The SMILES string of the molecule is CCNC(=NCc1ccnc(-n2cccn2)c1)NCC1(CC)CCC1.I. The van der Waals surface area contributed by atoms with Crippen LogP contribution in [0.5, 0.6) is 0 Å². The highest BCUT2D eigenvalue weighted by Crippen LogP contribution is 2.42. The number of guanidine groups is 1. The second-order valence-electron chi connectivity index (χ2n) is 6.73. The van der Waals surface area contributed by atoms with Crippen LogP contribution < -0.4 is 10.6 Å². The summed E-state index contributed by atoms with van der Waals surface area (Å²) >= 11 is 0. The number of aromatic nitrogens is 3. The first-order valence-corrected chi connectivity index (χ1v) is 9.22. The molecular weight excluding hydrogens is 439 g/mol. The fourth-order valence-corrected chi connectivity index (χ4v) is 3.20. The predicted molar refractivity (Wildman–Crippen MR) is 116 cm³/mol. The maximum atomic E-state index is 4.74. The molecule has 0 saturated heterocycles. The van der Waals surface area contributed by atoms with Crippen molar-refractivity contribution < 1.29 is 0 Å². The van der Waals surface area contributed by atoms with Gasteiger partial charge in [0.05, 0.1) is 6.54 Å². The molecule has 3 rings (SSSR count). The topological polar surface area (TPSA) is 67.1 Å². The molecule has 0 aromatic carbocycles. The summed E-state index contributed by atoms with van der Waals surface area (Å²) in [4.78, 5) is 9.10. The van der Waals surface area contributed by atoms with Gasteiger partial charge < -0.3 is 10.6 Å². The molecule has 1 aliphatic carbocycles. The van der Waals surface area contributed by atoms with Crippen LogP contribution in [0.3, 0.4) is 0 Å². The van der Waals surface area contributed by atoms with E-state index in [1.807, 2.05) is 30.6 Å². The second-order valence-corrected chi connectivity index (χ2v) is 6.73. The van der Waals surface area contributed by atoms with Gasteiger partial charge in [-0.1, -0.05) is 13.3 Å². The van der Waals surface area contributed by atoms with Gasteiger partial charge in [0.1, 0.15) is 0 Å². The van der Waals surface area contributed by atoms with E-state index in [0.29, 0.717) is 12.0 Å². The van der Waals surface area contributed by atoms with Gasteiger partial charge in [-0.2, -0.15) is 5.10 Å². The normalized spacial score (nSPS) is 15.7. The van der Waals surface area contributed by atoms with Crippen LogP contribution in [0.25, 0.3) is 5.82 Å². The second kappa shape index (κ2) is 9.89. The Hall–Kier alpha value is -1.64. The number of nitrogens with zero attached hydrogens (tertiary/aromatic N) is 4. The molecule has 1 fully saturated rings. The molecule has 1 aliphatic rings. The first-order valence-electron chi connectivity index (χ1n) is 9.22. The molecule has 0 radical (unpaired) electrons. The van der Waals surface area contributed by atoms with Gasteiger partial charge in [-0.05, 0) is 55.4 Å². The Balaban J connectivity index is 0.00000243. The zero-order valence-corrected chi connectivity index (χ0v) is 17.9. The fourth-order valence-electron chi connectivity index (χ4n) is 3.20. The maximum absolute atomic E-state index is 4.74. The molecule has 0 atom stereocenters. The van der Waals surface area contributed by atoms with E-state index in [-0.39, 0.29) is 24.0 Å². The molecule has 0 bridgehead atoms. The smallest absolute Gasteiger partial charge is 0.191 e. The molecule has 2 heterocycles. The van der Waals surface area contributed by atoms with Crippen LogP contribution >= 0.6 is 24.0 Å². The molecule has 0 aliphatic heterocycles. The zero-order chi connectivity index (χ0) is 17.5. The summed E-state index contributed by atoms with van der Waals surface area (Å²) in [7, 11) is 0. The lowest BCUT2D eigenvalue weighted by atomic mass is 9.67. The quantitative estimate of drug-likeness (QED) is 0.371. The Kier molecular flexibility index (Phi) is 7.86. The van der Waals surface area contributed by atoms with Gasteiger partial charge in [-0.15, -0.1) is 24.0 Å². The third kappa shape index (κ3) is 5.18. The molecule has 142 valence electrons. The van der Waals surface area contributed by atoms with E-state index in [1.54, 1.807) is 10.9 Å². The lowest BCUT2D eigenvalue weighted by molar-refractivity contribution is 0.131. The summed E-state index contributed by atoms with van der Waals surface area (Å²) in [6.45, 7) is 6.87. The van der Waals surface area contributed by atoms with E-state index in [2.05, 4.69) is 34.6 Å². The highest BCUT2D eigenvalue weighted by molar-refractivity contribution is 14.0. The maximum Gasteiger partial charge on any atom is 0.191 e. The number of halogens is 1. The summed E-state index contributed by atoms with van der Waals surface area (Å²) in [5.41, 5.74) is 1.59. The fraction of sp³-hybridized carbons (Fsp3) is 0.526. The average Bonchev–Trinajstić information content (AvgIpc) is 3.14.